The Morgan fingerprint density at radius 3 is 2.67 bits per heavy atom. The summed E-state index contributed by atoms with van der Waals surface area (Å²) in [6.07, 6.45) is 2.33. The summed E-state index contributed by atoms with van der Waals surface area (Å²) < 4.78 is 0. The van der Waals surface area contributed by atoms with Crippen LogP contribution < -0.4 is 10.2 Å². The van der Waals surface area contributed by atoms with Gasteiger partial charge in [0.15, 0.2) is 0 Å². The topological polar surface area (TPSA) is 32.3 Å². The number of nitrogens with one attached hydrogen (secondary N) is 1. The summed E-state index contributed by atoms with van der Waals surface area (Å²) in [7, 11) is 0. The number of carbonyl (C=O) groups excluding carboxylic acids is 1. The van der Waals surface area contributed by atoms with Crippen molar-refractivity contribution in [1.29, 1.82) is 0 Å². The molecule has 0 radical (unpaired) electrons. The van der Waals surface area contributed by atoms with Crippen LogP contribution in [0.1, 0.15) is 23.2 Å². The third-order valence-electron chi connectivity index (χ3n) is 4.11. The normalized spacial score (nSPS) is 20.9. The lowest BCUT2D eigenvalue weighted by atomic mass is 10.0. The Morgan fingerprint density at radius 2 is 1.90 bits per heavy atom. The zero-order valence-corrected chi connectivity index (χ0v) is 12.2. The molecule has 1 fully saturated rings. The Hall–Kier alpha value is -2.00. The monoisotopic (exact) mass is 298 g/mol. The zero-order valence-electron chi connectivity index (χ0n) is 11.4. The molecule has 1 N–H and O–H groups in total. The van der Waals surface area contributed by atoms with Crippen molar-refractivity contribution >= 4 is 28.9 Å². The van der Waals surface area contributed by atoms with Crippen molar-refractivity contribution < 1.29 is 4.79 Å². The molecule has 0 bridgehead atoms. The van der Waals surface area contributed by atoms with Gasteiger partial charge >= 0.3 is 0 Å². The summed E-state index contributed by atoms with van der Waals surface area (Å²) in [4.78, 5) is 14.8. The number of fused-ring (bicyclic) bond motifs is 1. The van der Waals surface area contributed by atoms with Crippen LogP contribution in [-0.4, -0.2) is 12.1 Å². The summed E-state index contributed by atoms with van der Waals surface area (Å²) in [5.74, 6) is 0.560. The van der Waals surface area contributed by atoms with Crippen LogP contribution in [0.2, 0.25) is 5.02 Å². The summed E-state index contributed by atoms with van der Waals surface area (Å²) in [6.45, 7) is 0. The molecule has 21 heavy (non-hydrogen) atoms. The Labute approximate surface area is 128 Å². The van der Waals surface area contributed by atoms with E-state index < -0.39 is 0 Å². The largest absolute Gasteiger partial charge is 0.364 e. The Morgan fingerprint density at radius 1 is 1.10 bits per heavy atom. The third-order valence-corrected chi connectivity index (χ3v) is 4.35. The first-order chi connectivity index (χ1) is 10.2. The van der Waals surface area contributed by atoms with Gasteiger partial charge < -0.3 is 5.32 Å². The number of benzene rings is 2. The van der Waals surface area contributed by atoms with E-state index in [9.17, 15) is 4.79 Å². The van der Waals surface area contributed by atoms with E-state index in [1.165, 1.54) is 0 Å². The Bertz CT molecular complexity index is 711. The molecule has 1 amide bonds. The second-order valence-corrected chi connectivity index (χ2v) is 6.06. The smallest absolute Gasteiger partial charge is 0.262 e. The van der Waals surface area contributed by atoms with Gasteiger partial charge in [0, 0.05) is 16.4 Å². The van der Waals surface area contributed by atoms with Crippen molar-refractivity contribution in [3.8, 4) is 0 Å². The molecule has 0 aromatic heterocycles. The van der Waals surface area contributed by atoms with E-state index in [2.05, 4.69) is 5.32 Å². The first-order valence-electron chi connectivity index (χ1n) is 7.19. The number of nitrogens with zero attached hydrogens (tertiary/aromatic N) is 1. The van der Waals surface area contributed by atoms with Gasteiger partial charge in [-0.3, -0.25) is 9.69 Å². The fourth-order valence-electron chi connectivity index (χ4n) is 2.92. The SMILES string of the molecule is O=C1c2ccccc2NC(C2CC2)N1c1cccc(Cl)c1. The molecule has 2 aromatic rings. The van der Waals surface area contributed by atoms with Gasteiger partial charge in [-0.15, -0.1) is 0 Å². The molecule has 1 atom stereocenters. The van der Waals surface area contributed by atoms with Gasteiger partial charge in [0.2, 0.25) is 0 Å². The van der Waals surface area contributed by atoms with Crippen molar-refractivity contribution in [2.75, 3.05) is 10.2 Å². The van der Waals surface area contributed by atoms with Gasteiger partial charge in [-0.05, 0) is 49.1 Å². The first-order valence-corrected chi connectivity index (χ1v) is 7.56. The maximum Gasteiger partial charge on any atom is 0.262 e. The average Bonchev–Trinajstić information content (AvgIpc) is 3.32. The molecule has 1 aliphatic heterocycles. The molecule has 4 rings (SSSR count). The van der Waals surface area contributed by atoms with E-state index in [1.807, 2.05) is 53.4 Å². The highest BCUT2D eigenvalue weighted by Gasteiger charge is 2.42. The number of hydrogen-bond donors (Lipinski definition) is 1. The number of halogens is 1. The van der Waals surface area contributed by atoms with Crippen LogP contribution in [0, 0.1) is 5.92 Å². The van der Waals surface area contributed by atoms with Crippen LogP contribution in [0.4, 0.5) is 11.4 Å². The first kappa shape index (κ1) is 12.7. The highest BCUT2D eigenvalue weighted by Crippen LogP contribution is 2.41. The number of amides is 1. The second kappa shape index (κ2) is 4.78. The number of rotatable bonds is 2. The van der Waals surface area contributed by atoms with Crippen LogP contribution in [-0.2, 0) is 0 Å². The predicted molar refractivity (Wildman–Crippen MR) is 84.8 cm³/mol. The van der Waals surface area contributed by atoms with E-state index in [0.29, 0.717) is 10.9 Å². The van der Waals surface area contributed by atoms with Crippen LogP contribution in [0.3, 0.4) is 0 Å². The van der Waals surface area contributed by atoms with Crippen LogP contribution in [0.25, 0.3) is 0 Å². The number of para-hydroxylation sites is 1. The zero-order chi connectivity index (χ0) is 14.4. The maximum atomic E-state index is 12.9. The molecular formula is C17H15ClN2O. The third kappa shape index (κ3) is 2.18. The molecule has 2 aliphatic rings. The molecule has 2 aromatic carbocycles. The molecule has 0 spiro atoms. The molecule has 3 nitrogen and oxygen atoms in total. The van der Waals surface area contributed by atoms with E-state index in [4.69, 9.17) is 11.6 Å². The molecule has 1 saturated carbocycles. The molecular weight excluding hydrogens is 284 g/mol. The van der Waals surface area contributed by atoms with Gasteiger partial charge in [-0.25, -0.2) is 0 Å². The molecule has 4 heteroatoms. The van der Waals surface area contributed by atoms with E-state index in [1.54, 1.807) is 0 Å². The van der Waals surface area contributed by atoms with Gasteiger partial charge in [-0.1, -0.05) is 29.8 Å². The minimum absolute atomic E-state index is 0.0193. The molecule has 0 saturated heterocycles. The Kier molecular flexibility index (Phi) is 2.89. The minimum atomic E-state index is 0.0193. The Balaban J connectivity index is 1.82. The maximum absolute atomic E-state index is 12.9. The average molecular weight is 299 g/mol. The summed E-state index contributed by atoms with van der Waals surface area (Å²) in [5, 5.41) is 4.17. The minimum Gasteiger partial charge on any atom is -0.364 e. The van der Waals surface area contributed by atoms with Crippen molar-refractivity contribution in [2.45, 2.75) is 19.0 Å². The molecule has 1 unspecified atom stereocenters. The van der Waals surface area contributed by atoms with Gasteiger partial charge in [0.25, 0.3) is 5.91 Å². The van der Waals surface area contributed by atoms with Crippen LogP contribution in [0.15, 0.2) is 48.5 Å². The van der Waals surface area contributed by atoms with Gasteiger partial charge in [0.1, 0.15) is 6.17 Å². The van der Waals surface area contributed by atoms with Gasteiger partial charge in [-0.2, -0.15) is 0 Å². The molecule has 1 aliphatic carbocycles. The standard InChI is InChI=1S/C17H15ClN2O/c18-12-4-3-5-13(10-12)20-16(11-8-9-11)19-15-7-2-1-6-14(15)17(20)21/h1-7,10-11,16,19H,8-9H2. The molecule has 106 valence electrons. The second-order valence-electron chi connectivity index (χ2n) is 5.63. The van der Waals surface area contributed by atoms with Crippen molar-refractivity contribution in [1.82, 2.24) is 0 Å². The summed E-state index contributed by atoms with van der Waals surface area (Å²) >= 11 is 6.10. The number of hydrogen-bond acceptors (Lipinski definition) is 2. The van der Waals surface area contributed by atoms with Crippen LogP contribution in [0.5, 0.6) is 0 Å². The lowest BCUT2D eigenvalue weighted by Gasteiger charge is -2.38. The molecule has 1 heterocycles. The van der Waals surface area contributed by atoms with Crippen molar-refractivity contribution in [3.63, 3.8) is 0 Å². The highest BCUT2D eigenvalue weighted by atomic mass is 35.5. The van der Waals surface area contributed by atoms with E-state index in [-0.39, 0.29) is 12.1 Å². The fourth-order valence-corrected chi connectivity index (χ4v) is 3.10. The fraction of sp³-hybridized carbons (Fsp3) is 0.235. The summed E-state index contributed by atoms with van der Waals surface area (Å²) in [6, 6.07) is 15.2. The van der Waals surface area contributed by atoms with E-state index >= 15 is 0 Å². The van der Waals surface area contributed by atoms with Gasteiger partial charge in [0.05, 0.1) is 5.56 Å². The predicted octanol–water partition coefficient (Wildman–Crippen LogP) is 4.15. The number of carbonyl (C=O) groups is 1. The lowest BCUT2D eigenvalue weighted by Crippen LogP contribution is -2.50. The highest BCUT2D eigenvalue weighted by molar-refractivity contribution is 6.31. The summed E-state index contributed by atoms with van der Waals surface area (Å²) in [5.41, 5.74) is 2.50. The van der Waals surface area contributed by atoms with Crippen LogP contribution >= 0.6 is 11.6 Å². The lowest BCUT2D eigenvalue weighted by molar-refractivity contribution is 0.0972. The van der Waals surface area contributed by atoms with E-state index in [0.717, 1.165) is 29.8 Å². The van der Waals surface area contributed by atoms with Crippen molar-refractivity contribution in [3.05, 3.63) is 59.1 Å². The van der Waals surface area contributed by atoms with Crippen molar-refractivity contribution in [2.24, 2.45) is 5.92 Å². The quantitative estimate of drug-likeness (QED) is 0.903. The number of anilines is 2.